The van der Waals surface area contributed by atoms with Crippen molar-refractivity contribution in [1.82, 2.24) is 0 Å². The monoisotopic (exact) mass is 755 g/mol. The van der Waals surface area contributed by atoms with E-state index in [2.05, 4.69) is 219 Å². The van der Waals surface area contributed by atoms with E-state index in [1.54, 1.807) is 0 Å². The second kappa shape index (κ2) is 13.9. The van der Waals surface area contributed by atoms with Gasteiger partial charge in [-0.25, -0.2) is 0 Å². The molecule has 0 radical (unpaired) electrons. The number of benzene rings is 9. The SMILES string of the molecule is CC1(C)c2ccccc2-c2c(-c3ccccc3N(c3ccc(-c4ccc(-c5ccccc5)cc4)cc3)c3cccc(-c4ccc5oc6ccccc6c5c4)c3)cccc21. The third-order valence-corrected chi connectivity index (χ3v) is 12.3. The summed E-state index contributed by atoms with van der Waals surface area (Å²) in [6.45, 7) is 4.71. The Kier molecular flexibility index (Phi) is 8.20. The number of anilines is 3. The predicted octanol–water partition coefficient (Wildman–Crippen LogP) is 16.0. The van der Waals surface area contributed by atoms with Crippen LogP contribution in [0.3, 0.4) is 0 Å². The minimum Gasteiger partial charge on any atom is -0.456 e. The molecule has 0 atom stereocenters. The highest BCUT2D eigenvalue weighted by Gasteiger charge is 2.37. The third-order valence-electron chi connectivity index (χ3n) is 12.3. The van der Waals surface area contributed by atoms with Crippen LogP contribution in [0.1, 0.15) is 25.0 Å². The van der Waals surface area contributed by atoms with Gasteiger partial charge in [0.05, 0.1) is 5.69 Å². The van der Waals surface area contributed by atoms with Gasteiger partial charge in [0.25, 0.3) is 0 Å². The maximum Gasteiger partial charge on any atom is 0.135 e. The Hall–Kier alpha value is -7.42. The van der Waals surface area contributed by atoms with Gasteiger partial charge >= 0.3 is 0 Å². The highest BCUT2D eigenvalue weighted by Crippen LogP contribution is 2.54. The normalized spacial score (nSPS) is 12.7. The zero-order valence-electron chi connectivity index (χ0n) is 33.1. The van der Waals surface area contributed by atoms with Crippen LogP contribution in [0, 0.1) is 0 Å². The Morgan fingerprint density at radius 1 is 0.356 bits per heavy atom. The molecule has 0 unspecified atom stereocenters. The van der Waals surface area contributed by atoms with E-state index in [-0.39, 0.29) is 5.41 Å². The van der Waals surface area contributed by atoms with Crippen molar-refractivity contribution in [3.8, 4) is 55.6 Å². The molecule has 9 aromatic carbocycles. The van der Waals surface area contributed by atoms with Crippen molar-refractivity contribution in [1.29, 1.82) is 0 Å². The summed E-state index contributed by atoms with van der Waals surface area (Å²) in [5.41, 5.74) is 19.9. The summed E-state index contributed by atoms with van der Waals surface area (Å²) < 4.78 is 6.20. The van der Waals surface area contributed by atoms with E-state index < -0.39 is 0 Å². The smallest absolute Gasteiger partial charge is 0.135 e. The van der Waals surface area contributed by atoms with Crippen LogP contribution in [-0.4, -0.2) is 0 Å². The van der Waals surface area contributed by atoms with Crippen molar-refractivity contribution in [2.45, 2.75) is 19.3 Å². The summed E-state index contributed by atoms with van der Waals surface area (Å²) in [7, 11) is 0. The molecule has 1 aromatic heterocycles. The Bertz CT molecular complexity index is 3170. The molecule has 10 aromatic rings. The summed E-state index contributed by atoms with van der Waals surface area (Å²) >= 11 is 0. The third kappa shape index (κ3) is 5.87. The first-order valence-corrected chi connectivity index (χ1v) is 20.4. The Morgan fingerprint density at radius 3 is 1.69 bits per heavy atom. The topological polar surface area (TPSA) is 16.4 Å². The molecule has 59 heavy (non-hydrogen) atoms. The number of hydrogen-bond donors (Lipinski definition) is 0. The van der Waals surface area contributed by atoms with Crippen LogP contribution in [0.25, 0.3) is 77.6 Å². The lowest BCUT2D eigenvalue weighted by molar-refractivity contribution is 0.660. The van der Waals surface area contributed by atoms with E-state index in [9.17, 15) is 0 Å². The lowest BCUT2D eigenvalue weighted by Gasteiger charge is -2.29. The molecule has 2 heteroatoms. The first kappa shape index (κ1) is 34.8. The molecule has 1 aliphatic carbocycles. The van der Waals surface area contributed by atoms with E-state index in [0.717, 1.165) is 50.1 Å². The molecule has 0 spiro atoms. The fourth-order valence-corrected chi connectivity index (χ4v) is 9.32. The van der Waals surface area contributed by atoms with E-state index in [0.29, 0.717) is 0 Å². The van der Waals surface area contributed by atoms with Gasteiger partial charge in [-0.1, -0.05) is 178 Å². The highest BCUT2D eigenvalue weighted by molar-refractivity contribution is 6.06. The quantitative estimate of drug-likeness (QED) is 0.161. The lowest BCUT2D eigenvalue weighted by atomic mass is 9.82. The number of para-hydroxylation sites is 2. The molecule has 0 fully saturated rings. The van der Waals surface area contributed by atoms with E-state index >= 15 is 0 Å². The van der Waals surface area contributed by atoms with Crippen molar-refractivity contribution in [2.75, 3.05) is 4.90 Å². The first-order chi connectivity index (χ1) is 29.0. The van der Waals surface area contributed by atoms with Crippen LogP contribution in [0.4, 0.5) is 17.1 Å². The van der Waals surface area contributed by atoms with Crippen LogP contribution in [0.2, 0.25) is 0 Å². The van der Waals surface area contributed by atoms with Crippen molar-refractivity contribution < 1.29 is 4.42 Å². The van der Waals surface area contributed by atoms with Gasteiger partial charge in [-0.15, -0.1) is 0 Å². The first-order valence-electron chi connectivity index (χ1n) is 20.4. The van der Waals surface area contributed by atoms with Crippen LogP contribution < -0.4 is 4.90 Å². The second-order valence-corrected chi connectivity index (χ2v) is 16.1. The van der Waals surface area contributed by atoms with Crippen LogP contribution in [-0.2, 0) is 5.41 Å². The maximum absolute atomic E-state index is 6.20. The number of hydrogen-bond acceptors (Lipinski definition) is 2. The maximum atomic E-state index is 6.20. The van der Waals surface area contributed by atoms with Gasteiger partial charge in [-0.05, 0) is 110 Å². The van der Waals surface area contributed by atoms with Crippen molar-refractivity contribution in [3.63, 3.8) is 0 Å². The number of furan rings is 1. The minimum absolute atomic E-state index is 0.0958. The van der Waals surface area contributed by atoms with Crippen molar-refractivity contribution in [3.05, 3.63) is 223 Å². The van der Waals surface area contributed by atoms with Crippen LogP contribution in [0.15, 0.2) is 217 Å². The van der Waals surface area contributed by atoms with Crippen molar-refractivity contribution in [2.24, 2.45) is 0 Å². The molecule has 11 rings (SSSR count). The zero-order valence-corrected chi connectivity index (χ0v) is 33.1. The lowest BCUT2D eigenvalue weighted by Crippen LogP contribution is -2.14. The summed E-state index contributed by atoms with van der Waals surface area (Å²) in [6.07, 6.45) is 0. The summed E-state index contributed by atoms with van der Waals surface area (Å²) in [6, 6.07) is 76.9. The second-order valence-electron chi connectivity index (χ2n) is 16.1. The predicted molar refractivity (Wildman–Crippen MR) is 248 cm³/mol. The largest absolute Gasteiger partial charge is 0.456 e. The zero-order chi connectivity index (χ0) is 39.5. The molecule has 2 nitrogen and oxygen atoms in total. The average Bonchev–Trinajstić information content (AvgIpc) is 3.79. The van der Waals surface area contributed by atoms with E-state index in [4.69, 9.17) is 4.42 Å². The molecule has 0 aliphatic heterocycles. The van der Waals surface area contributed by atoms with E-state index in [1.165, 1.54) is 55.6 Å². The van der Waals surface area contributed by atoms with Crippen LogP contribution >= 0.6 is 0 Å². The molecule has 0 bridgehead atoms. The molecule has 1 aliphatic rings. The molecular weight excluding hydrogens is 715 g/mol. The molecule has 0 amide bonds. The fraction of sp³-hybridized carbons (Fsp3) is 0.0526. The Balaban J connectivity index is 1.06. The van der Waals surface area contributed by atoms with Gasteiger partial charge in [0.1, 0.15) is 11.2 Å². The standard InChI is InChI=1S/C57H41NO/c1-57(2)51-22-9-6-20-49(51)56-48(21-13-23-52(56)57)46-18-7-10-24-53(46)58(44-33-30-41(31-34-44)40-28-26-39(27-29-40)38-14-4-3-5-15-38)45-17-12-16-42(36-45)43-32-35-55-50(37-43)47-19-8-11-25-54(47)59-55/h3-37H,1-2H3. The average molecular weight is 756 g/mol. The highest BCUT2D eigenvalue weighted by atomic mass is 16.3. The number of fused-ring (bicyclic) bond motifs is 6. The van der Waals surface area contributed by atoms with Gasteiger partial charge < -0.3 is 9.32 Å². The summed E-state index contributed by atoms with van der Waals surface area (Å²) in [5, 5.41) is 2.25. The van der Waals surface area contributed by atoms with Crippen LogP contribution in [0.5, 0.6) is 0 Å². The molecule has 0 N–H and O–H groups in total. The summed E-state index contributed by atoms with van der Waals surface area (Å²) in [5.74, 6) is 0. The number of nitrogens with zero attached hydrogens (tertiary/aromatic N) is 1. The minimum atomic E-state index is -0.0958. The summed E-state index contributed by atoms with van der Waals surface area (Å²) in [4.78, 5) is 2.43. The van der Waals surface area contributed by atoms with Gasteiger partial charge in [-0.2, -0.15) is 0 Å². The van der Waals surface area contributed by atoms with Gasteiger partial charge in [0.15, 0.2) is 0 Å². The van der Waals surface area contributed by atoms with Gasteiger partial charge in [0.2, 0.25) is 0 Å². The van der Waals surface area contributed by atoms with Gasteiger partial charge in [-0.3, -0.25) is 0 Å². The molecular formula is C57H41NO. The fourth-order valence-electron chi connectivity index (χ4n) is 9.32. The number of rotatable bonds is 7. The molecule has 0 saturated heterocycles. The van der Waals surface area contributed by atoms with E-state index in [1.807, 2.05) is 12.1 Å². The Morgan fingerprint density at radius 2 is 0.898 bits per heavy atom. The van der Waals surface area contributed by atoms with Crippen molar-refractivity contribution >= 4 is 39.0 Å². The molecule has 0 saturated carbocycles. The van der Waals surface area contributed by atoms with Gasteiger partial charge in [0, 0.05) is 33.1 Å². The Labute approximate surface area is 345 Å². The molecule has 280 valence electrons. The molecule has 1 heterocycles.